The molecule has 0 bridgehead atoms. The van der Waals surface area contributed by atoms with Crippen LogP contribution in [-0.2, 0) is 22.2 Å². The Hall–Kier alpha value is -2.09. The third-order valence-corrected chi connectivity index (χ3v) is 5.10. The van der Waals surface area contributed by atoms with Gasteiger partial charge in [0.15, 0.2) is 5.58 Å². The van der Waals surface area contributed by atoms with Gasteiger partial charge in [-0.15, -0.1) is 0 Å². The van der Waals surface area contributed by atoms with E-state index >= 15 is 0 Å². The fourth-order valence-corrected chi connectivity index (χ4v) is 3.63. The van der Waals surface area contributed by atoms with Gasteiger partial charge in [-0.1, -0.05) is 29.8 Å². The summed E-state index contributed by atoms with van der Waals surface area (Å²) in [5.74, 6) is -0.607. The molecule has 1 heterocycles. The Labute approximate surface area is 143 Å². The number of hydrogen-bond acceptors (Lipinski definition) is 4. The number of hydrogen-bond donors (Lipinski definition) is 2. The van der Waals surface area contributed by atoms with Crippen LogP contribution in [0.4, 0.5) is 0 Å². The summed E-state index contributed by atoms with van der Waals surface area (Å²) in [6.45, 7) is 0.267. The van der Waals surface area contributed by atoms with E-state index < -0.39 is 15.8 Å². The van der Waals surface area contributed by atoms with Gasteiger partial charge in [0.05, 0.1) is 11.3 Å². The first-order valence-corrected chi connectivity index (χ1v) is 9.28. The van der Waals surface area contributed by atoms with Gasteiger partial charge in [-0.3, -0.25) is 4.98 Å². The van der Waals surface area contributed by atoms with E-state index in [1.807, 2.05) is 0 Å². The van der Waals surface area contributed by atoms with Gasteiger partial charge in [0.25, 0.3) is 0 Å². The van der Waals surface area contributed by atoms with Crippen molar-refractivity contribution in [3.05, 3.63) is 69.2 Å². The summed E-state index contributed by atoms with van der Waals surface area (Å²) in [6.07, 6.45) is 0.503. The quantitative estimate of drug-likeness (QED) is 0.700. The maximum absolute atomic E-state index is 12.1. The first-order valence-electron chi connectivity index (χ1n) is 7.25. The van der Waals surface area contributed by atoms with Crippen molar-refractivity contribution in [1.29, 1.82) is 0 Å². The molecule has 0 spiro atoms. The number of halogens is 1. The van der Waals surface area contributed by atoms with Crippen LogP contribution in [0.2, 0.25) is 5.02 Å². The van der Waals surface area contributed by atoms with Crippen LogP contribution in [0.15, 0.2) is 51.7 Å². The SMILES string of the molecule is O=c1[nH]c2cc(CCNS(=O)(=O)Cc3ccc(Cl)cc3)ccc2o1. The van der Waals surface area contributed by atoms with Gasteiger partial charge in [-0.2, -0.15) is 0 Å². The molecular formula is C16H15ClN2O4S. The summed E-state index contributed by atoms with van der Waals surface area (Å²) >= 11 is 5.78. The Morgan fingerprint density at radius 2 is 1.79 bits per heavy atom. The topological polar surface area (TPSA) is 92.2 Å². The highest BCUT2D eigenvalue weighted by Crippen LogP contribution is 2.13. The molecule has 2 N–H and O–H groups in total. The summed E-state index contributed by atoms with van der Waals surface area (Å²) in [5, 5.41) is 0.566. The van der Waals surface area contributed by atoms with Crippen molar-refractivity contribution in [2.75, 3.05) is 6.54 Å². The molecule has 0 aliphatic rings. The van der Waals surface area contributed by atoms with E-state index in [-0.39, 0.29) is 12.3 Å². The number of sulfonamides is 1. The average molecular weight is 367 g/mol. The highest BCUT2D eigenvalue weighted by atomic mass is 35.5. The normalized spacial score (nSPS) is 11.9. The van der Waals surface area contributed by atoms with Gasteiger partial charge >= 0.3 is 5.76 Å². The second-order valence-corrected chi connectivity index (χ2v) is 7.62. The summed E-state index contributed by atoms with van der Waals surface area (Å²) in [4.78, 5) is 13.7. The van der Waals surface area contributed by atoms with E-state index in [0.717, 1.165) is 5.56 Å². The van der Waals surface area contributed by atoms with Gasteiger partial charge in [-0.05, 0) is 41.8 Å². The van der Waals surface area contributed by atoms with Crippen molar-refractivity contribution >= 4 is 32.7 Å². The number of aromatic nitrogens is 1. The van der Waals surface area contributed by atoms with Gasteiger partial charge in [-0.25, -0.2) is 17.9 Å². The van der Waals surface area contributed by atoms with E-state index in [1.165, 1.54) is 0 Å². The molecule has 0 aliphatic heterocycles. The average Bonchev–Trinajstić information content (AvgIpc) is 2.88. The van der Waals surface area contributed by atoms with Crippen molar-refractivity contribution in [3.8, 4) is 0 Å². The second kappa shape index (κ2) is 6.80. The Bertz CT molecular complexity index is 1010. The number of benzene rings is 2. The molecule has 0 aliphatic carbocycles. The van der Waals surface area contributed by atoms with Gasteiger partial charge in [0, 0.05) is 11.6 Å². The molecule has 0 unspecified atom stereocenters. The Kier molecular flexibility index (Phi) is 4.75. The minimum Gasteiger partial charge on any atom is -0.408 e. The molecule has 0 fully saturated rings. The fourth-order valence-electron chi connectivity index (χ4n) is 2.36. The van der Waals surface area contributed by atoms with Crippen LogP contribution in [0.1, 0.15) is 11.1 Å². The smallest absolute Gasteiger partial charge is 0.408 e. The number of nitrogens with one attached hydrogen (secondary N) is 2. The Morgan fingerprint density at radius 1 is 1.08 bits per heavy atom. The minimum atomic E-state index is -3.43. The first kappa shape index (κ1) is 16.8. The molecule has 8 heteroatoms. The van der Waals surface area contributed by atoms with Crippen LogP contribution in [0, 0.1) is 0 Å². The number of H-pyrrole nitrogens is 1. The third-order valence-electron chi connectivity index (χ3n) is 3.49. The summed E-state index contributed by atoms with van der Waals surface area (Å²) in [7, 11) is -3.43. The van der Waals surface area contributed by atoms with E-state index in [4.69, 9.17) is 16.0 Å². The van der Waals surface area contributed by atoms with Crippen molar-refractivity contribution in [1.82, 2.24) is 9.71 Å². The molecule has 0 saturated carbocycles. The van der Waals surface area contributed by atoms with E-state index in [2.05, 4.69) is 9.71 Å². The number of aromatic amines is 1. The summed E-state index contributed by atoms with van der Waals surface area (Å²) < 4.78 is 31.7. The fraction of sp³-hybridized carbons (Fsp3) is 0.188. The maximum atomic E-state index is 12.1. The number of oxazole rings is 1. The van der Waals surface area contributed by atoms with E-state index in [1.54, 1.807) is 42.5 Å². The van der Waals surface area contributed by atoms with Crippen molar-refractivity contribution < 1.29 is 12.8 Å². The molecule has 0 atom stereocenters. The molecule has 0 saturated heterocycles. The van der Waals surface area contributed by atoms with Crippen molar-refractivity contribution in [3.63, 3.8) is 0 Å². The maximum Gasteiger partial charge on any atom is 0.417 e. The van der Waals surface area contributed by atoms with Crippen LogP contribution in [0.25, 0.3) is 11.1 Å². The minimum absolute atomic E-state index is 0.0990. The zero-order chi connectivity index (χ0) is 17.2. The molecule has 6 nitrogen and oxygen atoms in total. The van der Waals surface area contributed by atoms with Crippen LogP contribution < -0.4 is 10.5 Å². The number of rotatable bonds is 6. The first-order chi connectivity index (χ1) is 11.4. The van der Waals surface area contributed by atoms with E-state index in [0.29, 0.717) is 28.1 Å². The lowest BCUT2D eigenvalue weighted by Crippen LogP contribution is -2.27. The van der Waals surface area contributed by atoms with Gasteiger partial charge in [0.2, 0.25) is 10.0 Å². The summed E-state index contributed by atoms with van der Waals surface area (Å²) in [5.41, 5.74) is 2.65. The predicted octanol–water partition coefficient (Wildman–Crippen LogP) is 2.44. The zero-order valence-electron chi connectivity index (χ0n) is 12.6. The Balaban J connectivity index is 1.59. The predicted molar refractivity (Wildman–Crippen MR) is 92.6 cm³/mol. The van der Waals surface area contributed by atoms with Gasteiger partial charge in [0.1, 0.15) is 0 Å². The molecule has 0 amide bonds. The molecule has 0 radical (unpaired) electrons. The largest absolute Gasteiger partial charge is 0.417 e. The van der Waals surface area contributed by atoms with Crippen molar-refractivity contribution in [2.24, 2.45) is 0 Å². The lowest BCUT2D eigenvalue weighted by atomic mass is 10.1. The Morgan fingerprint density at radius 3 is 2.54 bits per heavy atom. The highest BCUT2D eigenvalue weighted by molar-refractivity contribution is 7.88. The molecule has 2 aromatic carbocycles. The molecule has 126 valence electrons. The summed E-state index contributed by atoms with van der Waals surface area (Å²) in [6, 6.07) is 11.9. The number of fused-ring (bicyclic) bond motifs is 1. The molecule has 1 aromatic heterocycles. The van der Waals surface area contributed by atoms with Crippen LogP contribution in [0.5, 0.6) is 0 Å². The molecule has 24 heavy (non-hydrogen) atoms. The molecule has 3 aromatic rings. The van der Waals surface area contributed by atoms with Gasteiger partial charge < -0.3 is 4.42 Å². The standard InChI is InChI=1S/C16H15ClN2O4S/c17-13-4-1-12(2-5-13)10-24(21,22)18-8-7-11-3-6-15-14(9-11)19-16(20)23-15/h1-6,9,18H,7-8,10H2,(H,19,20). The lowest BCUT2D eigenvalue weighted by molar-refractivity contribution is 0.555. The van der Waals surface area contributed by atoms with Crippen LogP contribution in [-0.4, -0.2) is 19.9 Å². The molecule has 3 rings (SSSR count). The van der Waals surface area contributed by atoms with Crippen LogP contribution in [0.3, 0.4) is 0 Å². The van der Waals surface area contributed by atoms with Crippen LogP contribution >= 0.6 is 11.6 Å². The third kappa shape index (κ3) is 4.25. The zero-order valence-corrected chi connectivity index (χ0v) is 14.2. The lowest BCUT2D eigenvalue weighted by Gasteiger charge is -2.07. The van der Waals surface area contributed by atoms with Crippen molar-refractivity contribution in [2.45, 2.75) is 12.2 Å². The highest BCUT2D eigenvalue weighted by Gasteiger charge is 2.11. The monoisotopic (exact) mass is 366 g/mol. The second-order valence-electron chi connectivity index (χ2n) is 5.37. The van der Waals surface area contributed by atoms with E-state index in [9.17, 15) is 13.2 Å². The molecular weight excluding hydrogens is 352 g/mol.